The fourth-order valence-electron chi connectivity index (χ4n) is 4.13. The fourth-order valence-corrected chi connectivity index (χ4v) is 4.36. The number of carbonyl (C=O) groups is 1. The van der Waals surface area contributed by atoms with Crippen molar-refractivity contribution in [2.45, 2.75) is 49.9 Å². The molecule has 3 atom stereocenters. The van der Waals surface area contributed by atoms with Gasteiger partial charge in [-0.05, 0) is 37.8 Å². The highest BCUT2D eigenvalue weighted by atomic mass is 35.5. The van der Waals surface area contributed by atoms with Crippen LogP contribution in [0, 0.1) is 5.82 Å². The van der Waals surface area contributed by atoms with Gasteiger partial charge in [0, 0.05) is 31.4 Å². The van der Waals surface area contributed by atoms with E-state index in [9.17, 15) is 9.18 Å². The number of fused-ring (bicyclic) bond motifs is 1. The predicted molar refractivity (Wildman–Crippen MR) is 89.6 cm³/mol. The van der Waals surface area contributed by atoms with Crippen LogP contribution in [0.25, 0.3) is 0 Å². The van der Waals surface area contributed by atoms with Crippen LogP contribution in [0.15, 0.2) is 18.2 Å². The van der Waals surface area contributed by atoms with Crippen molar-refractivity contribution in [2.24, 2.45) is 0 Å². The molecule has 2 aliphatic rings. The first-order chi connectivity index (χ1) is 11.5. The highest BCUT2D eigenvalue weighted by molar-refractivity contribution is 6.31. The van der Waals surface area contributed by atoms with E-state index in [0.717, 1.165) is 25.7 Å². The van der Waals surface area contributed by atoms with Gasteiger partial charge in [0.2, 0.25) is 5.91 Å². The number of carbonyl (C=O) groups excluding carboxylic acids is 1. The first kappa shape index (κ1) is 17.6. The molecule has 2 fully saturated rings. The zero-order chi connectivity index (χ0) is 17.3. The van der Waals surface area contributed by atoms with Gasteiger partial charge in [-0.3, -0.25) is 4.79 Å². The molecule has 6 heteroatoms. The molecule has 4 nitrogen and oxygen atoms in total. The molecule has 1 amide bonds. The summed E-state index contributed by atoms with van der Waals surface area (Å²) in [6.07, 6.45) is 3.46. The van der Waals surface area contributed by atoms with Crippen molar-refractivity contribution in [3.8, 4) is 0 Å². The summed E-state index contributed by atoms with van der Waals surface area (Å²) in [5.74, 6) is -0.547. The summed E-state index contributed by atoms with van der Waals surface area (Å²) in [4.78, 5) is 14.7. The van der Waals surface area contributed by atoms with Crippen LogP contribution in [0.4, 0.5) is 4.39 Å². The predicted octanol–water partition coefficient (Wildman–Crippen LogP) is 3.21. The monoisotopic (exact) mass is 355 g/mol. The molecule has 3 rings (SSSR count). The number of likely N-dealkylation sites (tertiary alicyclic amines) is 1. The van der Waals surface area contributed by atoms with E-state index in [1.165, 1.54) is 6.07 Å². The largest absolute Gasteiger partial charge is 0.381 e. The number of ether oxygens (including phenoxy) is 2. The normalized spacial score (nSPS) is 29.6. The Morgan fingerprint density at radius 2 is 2.21 bits per heavy atom. The van der Waals surface area contributed by atoms with E-state index in [-0.39, 0.29) is 35.6 Å². The SMILES string of the molecule is COC1CCC2(OC)CCN(C(=O)Cc3c(F)cccc3Cl)C2C1. The molecule has 1 aromatic rings. The Morgan fingerprint density at radius 3 is 2.88 bits per heavy atom. The van der Waals surface area contributed by atoms with E-state index in [0.29, 0.717) is 11.6 Å². The number of hydrogen-bond donors (Lipinski definition) is 0. The zero-order valence-electron chi connectivity index (χ0n) is 14.1. The van der Waals surface area contributed by atoms with Crippen LogP contribution in [-0.2, 0) is 20.7 Å². The third-order valence-corrected chi connectivity index (χ3v) is 5.94. The molecule has 1 saturated heterocycles. The van der Waals surface area contributed by atoms with Crippen LogP contribution in [0.1, 0.15) is 31.2 Å². The number of methoxy groups -OCH3 is 2. The maximum Gasteiger partial charge on any atom is 0.227 e. The molecule has 0 spiro atoms. The first-order valence-electron chi connectivity index (χ1n) is 8.31. The highest BCUT2D eigenvalue weighted by Crippen LogP contribution is 2.43. The highest BCUT2D eigenvalue weighted by Gasteiger charge is 2.52. The molecular weight excluding hydrogens is 333 g/mol. The molecule has 3 unspecified atom stereocenters. The lowest BCUT2D eigenvalue weighted by atomic mass is 9.79. The van der Waals surface area contributed by atoms with Crippen LogP contribution in [0.5, 0.6) is 0 Å². The lowest BCUT2D eigenvalue weighted by Gasteiger charge is -2.43. The minimum Gasteiger partial charge on any atom is -0.381 e. The van der Waals surface area contributed by atoms with E-state index in [2.05, 4.69) is 0 Å². The van der Waals surface area contributed by atoms with E-state index in [1.54, 1.807) is 26.4 Å². The van der Waals surface area contributed by atoms with Crippen molar-refractivity contribution in [3.05, 3.63) is 34.6 Å². The van der Waals surface area contributed by atoms with E-state index in [1.807, 2.05) is 4.90 Å². The summed E-state index contributed by atoms with van der Waals surface area (Å²) < 4.78 is 25.3. The zero-order valence-corrected chi connectivity index (χ0v) is 14.8. The topological polar surface area (TPSA) is 38.8 Å². The lowest BCUT2D eigenvalue weighted by molar-refractivity contribution is -0.140. The Labute approximate surface area is 146 Å². The molecule has 1 aliphatic heterocycles. The fraction of sp³-hybridized carbons (Fsp3) is 0.611. The summed E-state index contributed by atoms with van der Waals surface area (Å²) in [5.41, 5.74) is -0.0397. The van der Waals surface area contributed by atoms with Gasteiger partial charge in [0.1, 0.15) is 5.82 Å². The van der Waals surface area contributed by atoms with E-state index < -0.39 is 5.82 Å². The van der Waals surface area contributed by atoms with Crippen molar-refractivity contribution in [3.63, 3.8) is 0 Å². The van der Waals surface area contributed by atoms with Crippen LogP contribution >= 0.6 is 11.6 Å². The number of halogens is 2. The molecule has 1 heterocycles. The van der Waals surface area contributed by atoms with Gasteiger partial charge in [0.05, 0.1) is 24.2 Å². The molecule has 1 saturated carbocycles. The van der Waals surface area contributed by atoms with Crippen molar-refractivity contribution in [1.29, 1.82) is 0 Å². The Morgan fingerprint density at radius 1 is 1.42 bits per heavy atom. The molecule has 0 N–H and O–H groups in total. The van der Waals surface area contributed by atoms with Crippen LogP contribution in [0.3, 0.4) is 0 Å². The summed E-state index contributed by atoms with van der Waals surface area (Å²) in [6.45, 7) is 0.625. The molecule has 132 valence electrons. The van der Waals surface area contributed by atoms with Gasteiger partial charge in [-0.25, -0.2) is 4.39 Å². The second kappa shape index (κ2) is 6.98. The van der Waals surface area contributed by atoms with Gasteiger partial charge in [-0.15, -0.1) is 0 Å². The summed E-state index contributed by atoms with van der Waals surface area (Å²) >= 11 is 6.06. The van der Waals surface area contributed by atoms with Gasteiger partial charge < -0.3 is 14.4 Å². The second-order valence-electron chi connectivity index (χ2n) is 6.63. The van der Waals surface area contributed by atoms with Crippen molar-refractivity contribution in [2.75, 3.05) is 20.8 Å². The number of hydrogen-bond acceptors (Lipinski definition) is 3. The minimum atomic E-state index is -0.438. The van der Waals surface area contributed by atoms with Gasteiger partial charge >= 0.3 is 0 Å². The van der Waals surface area contributed by atoms with Gasteiger partial charge in [0.15, 0.2) is 0 Å². The summed E-state index contributed by atoms with van der Waals surface area (Å²) in [7, 11) is 3.41. The van der Waals surface area contributed by atoms with Crippen molar-refractivity contribution >= 4 is 17.5 Å². The van der Waals surface area contributed by atoms with Crippen molar-refractivity contribution in [1.82, 2.24) is 4.90 Å². The van der Waals surface area contributed by atoms with Crippen LogP contribution in [-0.4, -0.2) is 49.3 Å². The molecule has 1 aliphatic carbocycles. The van der Waals surface area contributed by atoms with Gasteiger partial charge in [-0.1, -0.05) is 17.7 Å². The summed E-state index contributed by atoms with van der Waals surface area (Å²) in [6, 6.07) is 4.46. The third kappa shape index (κ3) is 3.05. The molecule has 1 aromatic carbocycles. The molecule has 0 aromatic heterocycles. The standard InChI is InChI=1S/C18H23ClFNO3/c1-23-12-6-7-18(24-2)8-9-21(16(18)10-12)17(22)11-13-14(19)4-3-5-15(13)20/h3-5,12,16H,6-11H2,1-2H3. The number of rotatable bonds is 4. The average Bonchev–Trinajstić information content (AvgIpc) is 2.97. The molecular formula is C18H23ClFNO3. The average molecular weight is 356 g/mol. The Balaban J connectivity index is 1.80. The maximum absolute atomic E-state index is 14.0. The van der Waals surface area contributed by atoms with E-state index >= 15 is 0 Å². The van der Waals surface area contributed by atoms with Gasteiger partial charge in [-0.2, -0.15) is 0 Å². The van der Waals surface area contributed by atoms with Crippen LogP contribution < -0.4 is 0 Å². The maximum atomic E-state index is 14.0. The van der Waals surface area contributed by atoms with Gasteiger partial charge in [0.25, 0.3) is 0 Å². The van der Waals surface area contributed by atoms with Crippen LogP contribution in [0.2, 0.25) is 5.02 Å². The lowest BCUT2D eigenvalue weighted by Crippen LogP contribution is -2.53. The number of nitrogens with zero attached hydrogens (tertiary/aromatic N) is 1. The third-order valence-electron chi connectivity index (χ3n) is 5.58. The molecule has 0 radical (unpaired) electrons. The summed E-state index contributed by atoms with van der Waals surface area (Å²) in [5, 5.41) is 0.291. The number of amides is 1. The smallest absolute Gasteiger partial charge is 0.227 e. The van der Waals surface area contributed by atoms with Crippen molar-refractivity contribution < 1.29 is 18.7 Å². The second-order valence-corrected chi connectivity index (χ2v) is 7.04. The quantitative estimate of drug-likeness (QED) is 0.832. The Kier molecular flexibility index (Phi) is 5.13. The molecule has 0 bridgehead atoms. The Bertz CT molecular complexity index is 606. The molecule has 24 heavy (non-hydrogen) atoms. The minimum absolute atomic E-state index is 0.0283. The Hall–Kier alpha value is -1.17. The van der Waals surface area contributed by atoms with E-state index in [4.69, 9.17) is 21.1 Å². The number of benzene rings is 1. The first-order valence-corrected chi connectivity index (χ1v) is 8.69.